The summed E-state index contributed by atoms with van der Waals surface area (Å²) >= 11 is 0. The molecule has 1 rings (SSSR count). The molecule has 1 aromatic carbocycles. The summed E-state index contributed by atoms with van der Waals surface area (Å²) in [5.41, 5.74) is 1.05. The first-order valence-electron chi connectivity index (χ1n) is 6.69. The second kappa shape index (κ2) is 8.29. The lowest BCUT2D eigenvalue weighted by Gasteiger charge is -2.20. The Morgan fingerprint density at radius 3 is 2.47 bits per heavy atom. The molecular weight excluding hydrogens is 240 g/mol. The number of hydrogen-bond acceptors (Lipinski definition) is 2. The first-order valence-corrected chi connectivity index (χ1v) is 6.69. The van der Waals surface area contributed by atoms with Crippen molar-refractivity contribution in [1.29, 1.82) is 0 Å². The molecule has 0 saturated heterocycles. The Morgan fingerprint density at radius 2 is 1.89 bits per heavy atom. The molecule has 0 bridgehead atoms. The molecule has 0 saturated carbocycles. The van der Waals surface area contributed by atoms with Gasteiger partial charge in [-0.3, -0.25) is 9.59 Å². The van der Waals surface area contributed by atoms with Gasteiger partial charge in [-0.15, -0.1) is 0 Å². The number of hydrogen-bond donors (Lipinski definition) is 1. The van der Waals surface area contributed by atoms with Crippen LogP contribution in [0.3, 0.4) is 0 Å². The monoisotopic (exact) mass is 262 g/mol. The predicted molar refractivity (Wildman–Crippen MR) is 75.5 cm³/mol. The van der Waals surface area contributed by atoms with Crippen molar-refractivity contribution in [2.75, 3.05) is 13.1 Å². The molecule has 0 aromatic heterocycles. The van der Waals surface area contributed by atoms with E-state index in [1.54, 1.807) is 4.90 Å². The van der Waals surface area contributed by atoms with Gasteiger partial charge in [-0.2, -0.15) is 0 Å². The Morgan fingerprint density at radius 1 is 1.21 bits per heavy atom. The quantitative estimate of drug-likeness (QED) is 0.816. The van der Waals surface area contributed by atoms with Crippen molar-refractivity contribution in [2.45, 2.75) is 33.2 Å². The van der Waals surface area contributed by atoms with Crippen LogP contribution < -0.4 is 5.32 Å². The van der Waals surface area contributed by atoms with E-state index in [4.69, 9.17) is 0 Å². The fraction of sp³-hybridized carbons (Fsp3) is 0.467. The highest BCUT2D eigenvalue weighted by Crippen LogP contribution is 1.98. The Kier molecular flexibility index (Phi) is 6.64. The minimum atomic E-state index is -0.116. The predicted octanol–water partition coefficient (Wildman–Crippen LogP) is 1.95. The van der Waals surface area contributed by atoms with Gasteiger partial charge in [0, 0.05) is 20.0 Å². The van der Waals surface area contributed by atoms with Gasteiger partial charge in [0.05, 0.1) is 6.54 Å². The van der Waals surface area contributed by atoms with Crippen LogP contribution >= 0.6 is 0 Å². The Bertz CT molecular complexity index is 404. The van der Waals surface area contributed by atoms with Crippen LogP contribution in [0, 0.1) is 0 Å². The van der Waals surface area contributed by atoms with E-state index < -0.39 is 0 Å². The van der Waals surface area contributed by atoms with Crippen LogP contribution in [-0.4, -0.2) is 29.8 Å². The van der Waals surface area contributed by atoms with E-state index in [0.29, 0.717) is 13.1 Å². The van der Waals surface area contributed by atoms with Crippen LogP contribution in [0.4, 0.5) is 0 Å². The fourth-order valence-corrected chi connectivity index (χ4v) is 1.72. The summed E-state index contributed by atoms with van der Waals surface area (Å²) in [7, 11) is 0. The minimum absolute atomic E-state index is 0.0525. The zero-order valence-electron chi connectivity index (χ0n) is 11.7. The molecule has 0 fully saturated rings. The van der Waals surface area contributed by atoms with Crippen molar-refractivity contribution < 1.29 is 9.59 Å². The van der Waals surface area contributed by atoms with E-state index in [2.05, 4.69) is 12.2 Å². The molecule has 2 amide bonds. The molecule has 104 valence electrons. The van der Waals surface area contributed by atoms with Gasteiger partial charge in [0.1, 0.15) is 0 Å². The van der Waals surface area contributed by atoms with Crippen molar-refractivity contribution in [2.24, 2.45) is 0 Å². The Labute approximate surface area is 114 Å². The summed E-state index contributed by atoms with van der Waals surface area (Å²) < 4.78 is 0. The third-order valence-electron chi connectivity index (χ3n) is 2.89. The molecule has 0 aliphatic rings. The molecule has 0 spiro atoms. The number of benzene rings is 1. The highest BCUT2D eigenvalue weighted by atomic mass is 16.2. The zero-order chi connectivity index (χ0) is 14.1. The van der Waals surface area contributed by atoms with Gasteiger partial charge in [-0.05, 0) is 12.0 Å². The van der Waals surface area contributed by atoms with Crippen LogP contribution in [0.15, 0.2) is 30.3 Å². The second-order valence-electron chi connectivity index (χ2n) is 4.56. The largest absolute Gasteiger partial charge is 0.350 e. The van der Waals surface area contributed by atoms with Crippen LogP contribution in [-0.2, 0) is 16.1 Å². The summed E-state index contributed by atoms with van der Waals surface area (Å²) in [6.07, 6.45) is 1.93. The molecule has 0 heterocycles. The van der Waals surface area contributed by atoms with Crippen LogP contribution in [0.1, 0.15) is 32.3 Å². The second-order valence-corrected chi connectivity index (χ2v) is 4.56. The third kappa shape index (κ3) is 6.04. The van der Waals surface area contributed by atoms with Crippen molar-refractivity contribution in [3.63, 3.8) is 0 Å². The molecule has 0 radical (unpaired) electrons. The summed E-state index contributed by atoms with van der Waals surface area (Å²) in [5.74, 6) is -0.168. The molecule has 1 N–H and O–H groups in total. The van der Waals surface area contributed by atoms with E-state index in [-0.39, 0.29) is 18.4 Å². The maximum Gasteiger partial charge on any atom is 0.239 e. The van der Waals surface area contributed by atoms with Gasteiger partial charge in [-0.25, -0.2) is 0 Å². The molecule has 0 aliphatic carbocycles. The summed E-state index contributed by atoms with van der Waals surface area (Å²) in [6, 6.07) is 9.73. The van der Waals surface area contributed by atoms with Crippen LogP contribution in [0.5, 0.6) is 0 Å². The summed E-state index contributed by atoms with van der Waals surface area (Å²) in [4.78, 5) is 24.8. The first kappa shape index (κ1) is 15.2. The van der Waals surface area contributed by atoms with Crippen LogP contribution in [0.25, 0.3) is 0 Å². The average Bonchev–Trinajstić information content (AvgIpc) is 2.42. The van der Waals surface area contributed by atoms with Gasteiger partial charge >= 0.3 is 0 Å². The third-order valence-corrected chi connectivity index (χ3v) is 2.89. The summed E-state index contributed by atoms with van der Waals surface area (Å²) in [6.45, 7) is 4.85. The Hall–Kier alpha value is -1.84. The molecule has 4 heteroatoms. The number of nitrogens with one attached hydrogen (secondary N) is 1. The number of amides is 2. The van der Waals surface area contributed by atoms with Gasteiger partial charge in [0.15, 0.2) is 0 Å². The fourth-order valence-electron chi connectivity index (χ4n) is 1.72. The maximum atomic E-state index is 11.8. The number of carbonyl (C=O) groups excluding carboxylic acids is 2. The molecule has 19 heavy (non-hydrogen) atoms. The average molecular weight is 262 g/mol. The van der Waals surface area contributed by atoms with Gasteiger partial charge in [0.25, 0.3) is 0 Å². The van der Waals surface area contributed by atoms with Crippen LogP contribution in [0.2, 0.25) is 0 Å². The number of unbranched alkanes of at least 4 members (excludes halogenated alkanes) is 1. The lowest BCUT2D eigenvalue weighted by Crippen LogP contribution is -2.39. The molecular formula is C15H22N2O2. The van der Waals surface area contributed by atoms with Gasteiger partial charge in [-0.1, -0.05) is 43.7 Å². The Balaban J connectivity index is 2.38. The molecule has 1 aromatic rings. The highest BCUT2D eigenvalue weighted by Gasteiger charge is 2.12. The van der Waals surface area contributed by atoms with E-state index in [1.807, 2.05) is 30.3 Å². The van der Waals surface area contributed by atoms with E-state index in [1.165, 1.54) is 6.92 Å². The summed E-state index contributed by atoms with van der Waals surface area (Å²) in [5, 5.41) is 2.83. The SMILES string of the molecule is CCCCN(CC(=O)NCc1ccccc1)C(C)=O. The first-order chi connectivity index (χ1) is 9.13. The standard InChI is InChI=1S/C15H22N2O2/c1-3-4-10-17(13(2)18)12-15(19)16-11-14-8-6-5-7-9-14/h5-9H,3-4,10-12H2,1-2H3,(H,16,19). The van der Waals surface area contributed by atoms with E-state index in [9.17, 15) is 9.59 Å². The van der Waals surface area contributed by atoms with E-state index >= 15 is 0 Å². The zero-order valence-corrected chi connectivity index (χ0v) is 11.7. The molecule has 0 aliphatic heterocycles. The normalized spacial score (nSPS) is 10.0. The molecule has 0 atom stereocenters. The van der Waals surface area contributed by atoms with Crippen molar-refractivity contribution >= 4 is 11.8 Å². The smallest absolute Gasteiger partial charge is 0.239 e. The van der Waals surface area contributed by atoms with E-state index in [0.717, 1.165) is 18.4 Å². The van der Waals surface area contributed by atoms with Crippen molar-refractivity contribution in [1.82, 2.24) is 10.2 Å². The lowest BCUT2D eigenvalue weighted by atomic mass is 10.2. The minimum Gasteiger partial charge on any atom is -0.350 e. The lowest BCUT2D eigenvalue weighted by molar-refractivity contribution is -0.134. The van der Waals surface area contributed by atoms with Crippen molar-refractivity contribution in [3.8, 4) is 0 Å². The number of rotatable bonds is 7. The topological polar surface area (TPSA) is 49.4 Å². The number of nitrogens with zero attached hydrogens (tertiary/aromatic N) is 1. The molecule has 0 unspecified atom stereocenters. The molecule has 4 nitrogen and oxygen atoms in total. The number of carbonyl (C=O) groups is 2. The van der Waals surface area contributed by atoms with Gasteiger partial charge in [0.2, 0.25) is 11.8 Å². The van der Waals surface area contributed by atoms with Gasteiger partial charge < -0.3 is 10.2 Å². The highest BCUT2D eigenvalue weighted by molar-refractivity contribution is 5.83. The van der Waals surface area contributed by atoms with Crippen molar-refractivity contribution in [3.05, 3.63) is 35.9 Å². The maximum absolute atomic E-state index is 11.8.